The van der Waals surface area contributed by atoms with Gasteiger partial charge in [-0.2, -0.15) is 0 Å². The molecule has 18 heavy (non-hydrogen) atoms. The molecule has 1 aromatic rings. The molecule has 0 amide bonds. The number of carboxylic acid groups (broad SMARTS) is 1. The van der Waals surface area contributed by atoms with E-state index in [2.05, 4.69) is 35.0 Å². The van der Waals surface area contributed by atoms with E-state index in [0.717, 1.165) is 10.9 Å². The predicted octanol–water partition coefficient (Wildman–Crippen LogP) is 3.18. The van der Waals surface area contributed by atoms with Crippen LogP contribution in [-0.2, 0) is 11.2 Å². The number of carbonyl (C=O) groups is 1. The summed E-state index contributed by atoms with van der Waals surface area (Å²) in [4.78, 5) is 13.1. The Balaban J connectivity index is 2.66. The Labute approximate surface area is 117 Å². The third kappa shape index (κ3) is 4.10. The molecule has 1 N–H and O–H groups in total. The van der Waals surface area contributed by atoms with Gasteiger partial charge in [-0.05, 0) is 44.5 Å². The first-order valence-corrected chi connectivity index (χ1v) is 6.94. The van der Waals surface area contributed by atoms with Crippen LogP contribution in [0.3, 0.4) is 0 Å². The average molecular weight is 314 g/mol. The third-order valence-corrected chi connectivity index (χ3v) is 3.83. The normalized spacial score (nSPS) is 14.5. The van der Waals surface area contributed by atoms with Crippen molar-refractivity contribution in [1.82, 2.24) is 4.90 Å². The molecule has 0 aromatic heterocycles. The number of halogens is 1. The summed E-state index contributed by atoms with van der Waals surface area (Å²) in [7, 11) is 1.88. The Bertz CT molecular complexity index is 391. The number of aliphatic carboxylic acids is 1. The highest BCUT2D eigenvalue weighted by molar-refractivity contribution is 9.10. The smallest absolute Gasteiger partial charge is 0.320 e. The molecule has 0 aliphatic heterocycles. The van der Waals surface area contributed by atoms with E-state index in [1.54, 1.807) is 0 Å². The maximum atomic E-state index is 11.1. The van der Waals surface area contributed by atoms with Gasteiger partial charge in [-0.25, -0.2) is 0 Å². The third-order valence-electron chi connectivity index (χ3n) is 3.30. The lowest BCUT2D eigenvalue weighted by atomic mass is 10.0. The lowest BCUT2D eigenvalue weighted by Crippen LogP contribution is -2.44. The highest BCUT2D eigenvalue weighted by Crippen LogP contribution is 2.15. The number of benzene rings is 1. The van der Waals surface area contributed by atoms with Crippen molar-refractivity contribution >= 4 is 21.9 Å². The molecule has 0 aliphatic carbocycles. The molecule has 1 rings (SSSR count). The Morgan fingerprint density at radius 3 is 2.39 bits per heavy atom. The van der Waals surface area contributed by atoms with Crippen molar-refractivity contribution in [2.45, 2.75) is 38.8 Å². The molecule has 3 nitrogen and oxygen atoms in total. The highest BCUT2D eigenvalue weighted by Gasteiger charge is 2.24. The van der Waals surface area contributed by atoms with Gasteiger partial charge in [0.2, 0.25) is 0 Å². The van der Waals surface area contributed by atoms with Gasteiger partial charge in [-0.15, -0.1) is 0 Å². The number of hydrogen-bond acceptors (Lipinski definition) is 2. The van der Waals surface area contributed by atoms with E-state index in [0.29, 0.717) is 6.42 Å². The summed E-state index contributed by atoms with van der Waals surface area (Å²) in [6, 6.07) is 7.95. The molecule has 0 saturated carbocycles. The van der Waals surface area contributed by atoms with Crippen LogP contribution in [0, 0.1) is 0 Å². The van der Waals surface area contributed by atoms with Crippen LogP contribution in [0.1, 0.15) is 25.8 Å². The molecule has 2 unspecified atom stereocenters. The largest absolute Gasteiger partial charge is 0.480 e. The summed E-state index contributed by atoms with van der Waals surface area (Å²) >= 11 is 3.41. The summed E-state index contributed by atoms with van der Waals surface area (Å²) in [5, 5.41) is 9.15. The first-order valence-electron chi connectivity index (χ1n) is 6.14. The van der Waals surface area contributed by atoms with E-state index in [1.807, 2.05) is 31.0 Å². The molecule has 4 heteroatoms. The fourth-order valence-corrected chi connectivity index (χ4v) is 2.31. The second-order valence-electron chi connectivity index (χ2n) is 4.61. The Kier molecular flexibility index (Phi) is 5.82. The molecular formula is C14H20BrNO2. The first kappa shape index (κ1) is 15.2. The number of rotatable bonds is 6. The van der Waals surface area contributed by atoms with E-state index < -0.39 is 12.0 Å². The van der Waals surface area contributed by atoms with Gasteiger partial charge in [0.15, 0.2) is 0 Å². The fraction of sp³-hybridized carbons (Fsp3) is 0.500. The maximum Gasteiger partial charge on any atom is 0.320 e. The standard InChI is InChI=1S/C14H20BrNO2/c1-4-13(14(17)18)16(3)10(2)9-11-5-7-12(15)8-6-11/h5-8,10,13H,4,9H2,1-3H3,(H,17,18). The van der Waals surface area contributed by atoms with Crippen LogP contribution in [0.5, 0.6) is 0 Å². The SMILES string of the molecule is CCC(C(=O)O)N(C)C(C)Cc1ccc(Br)cc1. The van der Waals surface area contributed by atoms with Crippen LogP contribution in [-0.4, -0.2) is 35.1 Å². The second kappa shape index (κ2) is 6.90. The topological polar surface area (TPSA) is 40.5 Å². The minimum Gasteiger partial charge on any atom is -0.480 e. The molecule has 0 spiro atoms. The molecule has 0 aliphatic rings. The first-order chi connectivity index (χ1) is 8.45. The number of nitrogens with zero attached hydrogens (tertiary/aromatic N) is 1. The highest BCUT2D eigenvalue weighted by atomic mass is 79.9. The van der Waals surface area contributed by atoms with Crippen LogP contribution in [0.2, 0.25) is 0 Å². The summed E-state index contributed by atoms with van der Waals surface area (Å²) in [6.07, 6.45) is 1.48. The maximum absolute atomic E-state index is 11.1. The molecule has 100 valence electrons. The summed E-state index contributed by atoms with van der Waals surface area (Å²) in [5.74, 6) is -0.748. The molecule has 2 atom stereocenters. The Morgan fingerprint density at radius 2 is 1.94 bits per heavy atom. The molecule has 0 radical (unpaired) electrons. The average Bonchev–Trinajstić information content (AvgIpc) is 2.32. The molecule has 1 aromatic carbocycles. The number of carboxylic acids is 1. The lowest BCUT2D eigenvalue weighted by molar-refractivity contribution is -0.143. The zero-order chi connectivity index (χ0) is 13.7. The van der Waals surface area contributed by atoms with Gasteiger partial charge in [0.05, 0.1) is 0 Å². The van der Waals surface area contributed by atoms with Gasteiger partial charge in [-0.1, -0.05) is 35.0 Å². The van der Waals surface area contributed by atoms with Crippen LogP contribution in [0.15, 0.2) is 28.7 Å². The van der Waals surface area contributed by atoms with E-state index in [4.69, 9.17) is 5.11 Å². The van der Waals surface area contributed by atoms with Gasteiger partial charge in [-0.3, -0.25) is 9.69 Å². The van der Waals surface area contributed by atoms with Crippen molar-refractivity contribution in [3.63, 3.8) is 0 Å². The summed E-state index contributed by atoms with van der Waals surface area (Å²) < 4.78 is 1.06. The van der Waals surface area contributed by atoms with Crippen LogP contribution < -0.4 is 0 Å². The van der Waals surface area contributed by atoms with Gasteiger partial charge < -0.3 is 5.11 Å². The monoisotopic (exact) mass is 313 g/mol. The van der Waals surface area contributed by atoms with Crippen LogP contribution in [0.4, 0.5) is 0 Å². The molecule has 0 fully saturated rings. The van der Waals surface area contributed by atoms with E-state index >= 15 is 0 Å². The predicted molar refractivity (Wildman–Crippen MR) is 76.8 cm³/mol. The van der Waals surface area contributed by atoms with Gasteiger partial charge in [0, 0.05) is 10.5 Å². The van der Waals surface area contributed by atoms with Crippen molar-refractivity contribution in [2.24, 2.45) is 0 Å². The summed E-state index contributed by atoms with van der Waals surface area (Å²) in [6.45, 7) is 3.97. The van der Waals surface area contributed by atoms with Crippen molar-refractivity contribution in [3.05, 3.63) is 34.3 Å². The van der Waals surface area contributed by atoms with E-state index in [9.17, 15) is 4.79 Å². The van der Waals surface area contributed by atoms with Gasteiger partial charge in [0.25, 0.3) is 0 Å². The molecular weight excluding hydrogens is 294 g/mol. The van der Waals surface area contributed by atoms with Crippen molar-refractivity contribution < 1.29 is 9.90 Å². The van der Waals surface area contributed by atoms with Crippen molar-refractivity contribution in [1.29, 1.82) is 0 Å². The second-order valence-corrected chi connectivity index (χ2v) is 5.52. The fourth-order valence-electron chi connectivity index (χ4n) is 2.05. The lowest BCUT2D eigenvalue weighted by Gasteiger charge is -2.30. The Morgan fingerprint density at radius 1 is 1.39 bits per heavy atom. The molecule has 0 heterocycles. The zero-order valence-corrected chi connectivity index (χ0v) is 12.6. The zero-order valence-electron chi connectivity index (χ0n) is 11.1. The molecule has 0 saturated heterocycles. The van der Waals surface area contributed by atoms with Crippen LogP contribution in [0.25, 0.3) is 0 Å². The van der Waals surface area contributed by atoms with Gasteiger partial charge in [0.1, 0.15) is 6.04 Å². The van der Waals surface area contributed by atoms with Crippen molar-refractivity contribution in [3.8, 4) is 0 Å². The summed E-state index contributed by atoms with van der Waals surface area (Å²) in [5.41, 5.74) is 1.22. The van der Waals surface area contributed by atoms with Crippen molar-refractivity contribution in [2.75, 3.05) is 7.05 Å². The van der Waals surface area contributed by atoms with E-state index in [1.165, 1.54) is 5.56 Å². The number of likely N-dealkylation sites (N-methyl/N-ethyl adjacent to an activating group) is 1. The van der Waals surface area contributed by atoms with Crippen LogP contribution >= 0.6 is 15.9 Å². The van der Waals surface area contributed by atoms with Gasteiger partial charge >= 0.3 is 5.97 Å². The minimum absolute atomic E-state index is 0.201. The number of hydrogen-bond donors (Lipinski definition) is 1. The molecule has 0 bridgehead atoms. The Hall–Kier alpha value is -0.870. The minimum atomic E-state index is -0.748. The van der Waals surface area contributed by atoms with E-state index in [-0.39, 0.29) is 6.04 Å². The quantitative estimate of drug-likeness (QED) is 0.877.